The van der Waals surface area contributed by atoms with E-state index in [0.717, 1.165) is 36.8 Å². The lowest BCUT2D eigenvalue weighted by atomic mass is 10.00. The molecule has 3 aromatic rings. The highest BCUT2D eigenvalue weighted by Crippen LogP contribution is 2.27. The first-order valence-corrected chi connectivity index (χ1v) is 15.5. The summed E-state index contributed by atoms with van der Waals surface area (Å²) in [5.41, 5.74) is 3.63. The van der Waals surface area contributed by atoms with Crippen molar-refractivity contribution < 1.29 is 24.6 Å². The van der Waals surface area contributed by atoms with Gasteiger partial charge in [0, 0.05) is 30.1 Å². The second-order valence-corrected chi connectivity index (χ2v) is 11.1. The number of carboxylic acids is 1. The molecule has 0 aliphatic rings. The van der Waals surface area contributed by atoms with Gasteiger partial charge in [-0.2, -0.15) is 5.26 Å². The Morgan fingerprint density at radius 3 is 2.20 bits per heavy atom. The summed E-state index contributed by atoms with van der Waals surface area (Å²) < 4.78 is 0. The highest BCUT2D eigenvalue weighted by atomic mass is 16.4. The van der Waals surface area contributed by atoms with E-state index < -0.39 is 5.97 Å². The average Bonchev–Trinajstić information content (AvgIpc) is 3.03. The summed E-state index contributed by atoms with van der Waals surface area (Å²) in [5, 5.41) is 31.6. The van der Waals surface area contributed by atoms with Crippen LogP contribution in [-0.4, -0.2) is 28.0 Å². The molecule has 3 aromatic carbocycles. The van der Waals surface area contributed by atoms with Crippen molar-refractivity contribution in [1.82, 2.24) is 5.32 Å². The van der Waals surface area contributed by atoms with Crippen molar-refractivity contribution in [3.8, 4) is 11.8 Å². The number of nitriles is 1. The van der Waals surface area contributed by atoms with Gasteiger partial charge in [-0.1, -0.05) is 69.5 Å². The number of carbonyl (C=O) groups excluding carboxylic acids is 2. The van der Waals surface area contributed by atoms with Crippen LogP contribution in [-0.2, 0) is 24.3 Å². The first-order chi connectivity index (χ1) is 21.2. The van der Waals surface area contributed by atoms with Crippen LogP contribution in [0.15, 0.2) is 66.7 Å². The molecule has 3 rings (SSSR count). The number of anilines is 1. The van der Waals surface area contributed by atoms with Crippen molar-refractivity contribution in [3.63, 3.8) is 0 Å². The van der Waals surface area contributed by atoms with Gasteiger partial charge in [0.15, 0.2) is 0 Å². The molecular weight excluding hydrogens is 554 g/mol. The minimum absolute atomic E-state index is 0.0342. The molecule has 0 bridgehead atoms. The summed E-state index contributed by atoms with van der Waals surface area (Å²) in [6.45, 7) is 4.73. The van der Waals surface area contributed by atoms with Crippen LogP contribution in [0.1, 0.15) is 103 Å². The monoisotopic (exact) mass is 597 g/mol. The molecule has 0 spiro atoms. The highest BCUT2D eigenvalue weighted by molar-refractivity contribution is 5.97. The maximum atomic E-state index is 13.4. The van der Waals surface area contributed by atoms with Crippen LogP contribution in [0.5, 0.6) is 5.75 Å². The first-order valence-electron chi connectivity index (χ1n) is 15.5. The second kappa shape index (κ2) is 17.5. The number of nitrogens with zero attached hydrogens (tertiary/aromatic N) is 2. The Labute approximate surface area is 260 Å². The lowest BCUT2D eigenvalue weighted by Crippen LogP contribution is -2.30. The van der Waals surface area contributed by atoms with E-state index >= 15 is 0 Å². The van der Waals surface area contributed by atoms with Gasteiger partial charge in [0.1, 0.15) is 11.3 Å². The lowest BCUT2D eigenvalue weighted by Gasteiger charge is -2.24. The predicted molar refractivity (Wildman–Crippen MR) is 171 cm³/mol. The molecule has 0 aliphatic heterocycles. The Kier molecular flexibility index (Phi) is 13.4. The molecule has 0 fully saturated rings. The quantitative estimate of drug-likeness (QED) is 0.139. The topological polar surface area (TPSA) is 131 Å². The molecule has 0 aliphatic carbocycles. The Balaban J connectivity index is 1.66. The van der Waals surface area contributed by atoms with Crippen molar-refractivity contribution in [3.05, 3.63) is 94.5 Å². The van der Waals surface area contributed by atoms with Gasteiger partial charge in [-0.25, -0.2) is 4.79 Å². The number of carbonyl (C=O) groups is 3. The summed E-state index contributed by atoms with van der Waals surface area (Å²) in [6, 6.07) is 21.6. The van der Waals surface area contributed by atoms with E-state index in [1.165, 1.54) is 47.9 Å². The molecular formula is C36H43N3O5. The maximum absolute atomic E-state index is 13.4. The van der Waals surface area contributed by atoms with E-state index in [4.69, 9.17) is 0 Å². The summed E-state index contributed by atoms with van der Waals surface area (Å²) in [7, 11) is 0. The zero-order chi connectivity index (χ0) is 31.9. The van der Waals surface area contributed by atoms with Gasteiger partial charge in [0.25, 0.3) is 5.91 Å². The molecule has 3 N–H and O–H groups in total. The van der Waals surface area contributed by atoms with Crippen molar-refractivity contribution >= 4 is 23.5 Å². The van der Waals surface area contributed by atoms with Gasteiger partial charge in [0.05, 0.1) is 12.6 Å². The average molecular weight is 598 g/mol. The fraction of sp³-hybridized carbons (Fsp3) is 0.389. The van der Waals surface area contributed by atoms with Crippen LogP contribution in [0, 0.1) is 17.2 Å². The first kappa shape index (κ1) is 33.9. The van der Waals surface area contributed by atoms with E-state index in [1.807, 2.05) is 19.1 Å². The van der Waals surface area contributed by atoms with E-state index in [9.17, 15) is 29.9 Å². The predicted octanol–water partition coefficient (Wildman–Crippen LogP) is 7.40. The van der Waals surface area contributed by atoms with Crippen molar-refractivity contribution in [2.24, 2.45) is 5.92 Å². The van der Waals surface area contributed by atoms with Crippen LogP contribution in [0.25, 0.3) is 0 Å². The molecule has 232 valence electrons. The van der Waals surface area contributed by atoms with E-state index in [0.29, 0.717) is 24.2 Å². The Morgan fingerprint density at radius 2 is 1.57 bits per heavy atom. The molecule has 1 unspecified atom stereocenters. The van der Waals surface area contributed by atoms with Gasteiger partial charge in [0.2, 0.25) is 5.91 Å². The van der Waals surface area contributed by atoms with E-state index in [1.54, 1.807) is 24.3 Å². The molecule has 0 heterocycles. The number of hydrogen-bond donors (Lipinski definition) is 3. The molecule has 0 saturated heterocycles. The number of amides is 2. The number of phenols is 1. The van der Waals surface area contributed by atoms with Crippen LogP contribution >= 0.6 is 0 Å². The fourth-order valence-corrected chi connectivity index (χ4v) is 4.98. The second-order valence-electron chi connectivity index (χ2n) is 11.1. The summed E-state index contributed by atoms with van der Waals surface area (Å²) in [4.78, 5) is 39.3. The number of benzene rings is 3. The lowest BCUT2D eigenvalue weighted by molar-refractivity contribution is -0.118. The minimum atomic E-state index is -1.29. The summed E-state index contributed by atoms with van der Waals surface area (Å²) in [5.74, 6) is -2.11. The molecule has 1 atom stereocenters. The van der Waals surface area contributed by atoms with Crippen molar-refractivity contribution in [2.45, 2.75) is 84.7 Å². The van der Waals surface area contributed by atoms with Gasteiger partial charge < -0.3 is 20.4 Å². The number of hydrogen-bond acceptors (Lipinski definition) is 5. The SMILES string of the molecule is CCCCCc1ccc(CNC(=O)c2ccc(CN(C(=O)CCCCC(C#N)CC)c3ccc(O)c(C(=O)O)c3)cc2)cc1. The van der Waals surface area contributed by atoms with E-state index in [2.05, 4.69) is 30.4 Å². The van der Waals surface area contributed by atoms with Crippen molar-refractivity contribution in [1.29, 1.82) is 5.26 Å². The molecule has 0 radical (unpaired) electrons. The van der Waals surface area contributed by atoms with E-state index in [-0.39, 0.29) is 42.0 Å². The van der Waals surface area contributed by atoms with Gasteiger partial charge in [-0.15, -0.1) is 0 Å². The standard InChI is InChI=1S/C36H43N3O5/c1-3-5-6-10-27-12-14-28(15-13-27)24-38-35(42)30-18-16-29(17-19-30)25-39(31-20-21-33(40)32(22-31)36(43)44)34(41)11-8-7-9-26(4-2)23-37/h12-22,26,40H,3-11,24-25H2,1-2H3,(H,38,42)(H,43,44). The molecule has 8 nitrogen and oxygen atoms in total. The molecule has 8 heteroatoms. The highest BCUT2D eigenvalue weighted by Gasteiger charge is 2.20. The largest absolute Gasteiger partial charge is 0.507 e. The van der Waals surface area contributed by atoms with Gasteiger partial charge in [-0.3, -0.25) is 9.59 Å². The normalized spacial score (nSPS) is 11.4. The zero-order valence-electron chi connectivity index (χ0n) is 25.7. The maximum Gasteiger partial charge on any atom is 0.339 e. The number of nitrogens with one attached hydrogen (secondary N) is 1. The van der Waals surface area contributed by atoms with Crippen LogP contribution < -0.4 is 10.2 Å². The molecule has 0 aromatic heterocycles. The Bertz CT molecular complexity index is 1430. The number of aromatic hydroxyl groups is 1. The molecule has 0 saturated carbocycles. The zero-order valence-corrected chi connectivity index (χ0v) is 25.7. The number of aromatic carboxylic acids is 1. The number of aryl methyl sites for hydroxylation is 1. The minimum Gasteiger partial charge on any atom is -0.507 e. The summed E-state index contributed by atoms with van der Waals surface area (Å²) >= 11 is 0. The molecule has 44 heavy (non-hydrogen) atoms. The fourth-order valence-electron chi connectivity index (χ4n) is 4.98. The third kappa shape index (κ3) is 10.3. The number of carboxylic acid groups (broad SMARTS) is 1. The Hall–Kier alpha value is -4.64. The van der Waals surface area contributed by atoms with Crippen LogP contribution in [0.2, 0.25) is 0 Å². The number of unbranched alkanes of at least 4 members (excludes halogenated alkanes) is 3. The van der Waals surface area contributed by atoms with Crippen LogP contribution in [0.3, 0.4) is 0 Å². The van der Waals surface area contributed by atoms with Gasteiger partial charge in [-0.05, 0) is 79.1 Å². The smallest absolute Gasteiger partial charge is 0.339 e. The van der Waals surface area contributed by atoms with Gasteiger partial charge >= 0.3 is 5.97 Å². The third-order valence-electron chi connectivity index (χ3n) is 7.79. The van der Waals surface area contributed by atoms with Crippen molar-refractivity contribution in [2.75, 3.05) is 4.90 Å². The summed E-state index contributed by atoms with van der Waals surface area (Å²) in [6.07, 6.45) is 7.69. The van der Waals surface area contributed by atoms with Crippen LogP contribution in [0.4, 0.5) is 5.69 Å². The third-order valence-corrected chi connectivity index (χ3v) is 7.79. The Morgan fingerprint density at radius 1 is 0.886 bits per heavy atom. The molecule has 2 amide bonds. The number of rotatable bonds is 17.